The molecule has 0 aliphatic carbocycles. The molecule has 206 valence electrons. The van der Waals surface area contributed by atoms with E-state index in [1.165, 1.54) is 0 Å². The smallest absolute Gasteiger partial charge is 0.491 e. The van der Waals surface area contributed by atoms with E-state index in [1.54, 1.807) is 0 Å². The summed E-state index contributed by atoms with van der Waals surface area (Å²) in [5, 5.41) is 11.0. The van der Waals surface area contributed by atoms with Gasteiger partial charge in [0.1, 0.15) is 24.1 Å². The molecule has 0 saturated carbocycles. The first-order valence-corrected chi connectivity index (χ1v) is 13.8. The zero-order valence-corrected chi connectivity index (χ0v) is 23.6. The number of aliphatic hydroxyl groups excluding tert-OH is 1. The van der Waals surface area contributed by atoms with E-state index in [1.807, 2.05) is 107 Å². The van der Waals surface area contributed by atoms with E-state index >= 15 is 0 Å². The van der Waals surface area contributed by atoms with Crippen LogP contribution in [0.4, 0.5) is 0 Å². The molecule has 1 aliphatic rings. The first-order valence-electron chi connectivity index (χ1n) is 13.8. The Bertz CT molecular complexity index is 1250. The Morgan fingerprint density at radius 1 is 0.650 bits per heavy atom. The van der Waals surface area contributed by atoms with Gasteiger partial charge in [-0.1, -0.05) is 103 Å². The fourth-order valence-electron chi connectivity index (χ4n) is 4.93. The number of ether oxygens (including phenoxy) is 2. The minimum atomic E-state index is -0.894. The average molecular weight is 536 g/mol. The Labute approximate surface area is 237 Å². The molecule has 6 heteroatoms. The lowest BCUT2D eigenvalue weighted by molar-refractivity contribution is -0.0493. The molecule has 0 spiro atoms. The highest BCUT2D eigenvalue weighted by molar-refractivity contribution is 6.62. The molecule has 1 heterocycles. The molecule has 4 aromatic carbocycles. The summed E-state index contributed by atoms with van der Waals surface area (Å²) in [6.45, 7) is 8.31. The van der Waals surface area contributed by atoms with Crippen LogP contribution in [-0.4, -0.2) is 42.7 Å². The van der Waals surface area contributed by atoms with Gasteiger partial charge in [0.05, 0.1) is 17.8 Å². The quantitative estimate of drug-likeness (QED) is 0.207. The number of benzene rings is 4. The third-order valence-electron chi connectivity index (χ3n) is 7.88. The first-order chi connectivity index (χ1) is 19.2. The molecule has 4 aromatic rings. The first kappa shape index (κ1) is 28.1. The SMILES string of the molecule is CC1(C)OB(c2ccc(OC[C@@H](O)COC(c3ccccc3)(c3ccccc3)c3ccccc3)cc2)OC1(C)C. The Morgan fingerprint density at radius 2 is 1.07 bits per heavy atom. The van der Waals surface area contributed by atoms with Crippen LogP contribution < -0.4 is 10.2 Å². The Morgan fingerprint density at radius 3 is 1.50 bits per heavy atom. The lowest BCUT2D eigenvalue weighted by Gasteiger charge is -2.36. The second kappa shape index (κ2) is 11.6. The number of rotatable bonds is 10. The standard InChI is InChI=1S/C34H37BO5/c1-32(2)33(3,4)40-35(39-32)29-20-22-31(23-21-29)37-24-30(36)25-38-34(26-14-8-5-9-15-26,27-16-10-6-11-17-27)28-18-12-7-13-19-28/h5-23,30,36H,24-25H2,1-4H3/t30-/m1/s1. The molecule has 0 unspecified atom stereocenters. The zero-order chi connectivity index (χ0) is 28.2. The van der Waals surface area contributed by atoms with Gasteiger partial charge in [0.2, 0.25) is 0 Å². The van der Waals surface area contributed by atoms with Crippen molar-refractivity contribution in [2.45, 2.75) is 50.6 Å². The van der Waals surface area contributed by atoms with Crippen molar-refractivity contribution < 1.29 is 23.9 Å². The predicted molar refractivity (Wildman–Crippen MR) is 159 cm³/mol. The summed E-state index contributed by atoms with van der Waals surface area (Å²) in [5.41, 5.74) is 2.19. The molecule has 0 radical (unpaired) electrons. The molecular weight excluding hydrogens is 499 g/mol. The van der Waals surface area contributed by atoms with Crippen molar-refractivity contribution in [2.24, 2.45) is 0 Å². The fraction of sp³-hybridized carbons (Fsp3) is 0.294. The van der Waals surface area contributed by atoms with E-state index in [2.05, 4.69) is 36.4 Å². The van der Waals surface area contributed by atoms with Gasteiger partial charge < -0.3 is 23.9 Å². The van der Waals surface area contributed by atoms with Gasteiger partial charge >= 0.3 is 7.12 Å². The second-order valence-corrected chi connectivity index (χ2v) is 11.2. The maximum atomic E-state index is 11.0. The fourth-order valence-corrected chi connectivity index (χ4v) is 4.93. The molecule has 0 amide bonds. The highest BCUT2D eigenvalue weighted by Gasteiger charge is 2.51. The van der Waals surface area contributed by atoms with Gasteiger partial charge in [-0.2, -0.15) is 0 Å². The van der Waals surface area contributed by atoms with E-state index in [9.17, 15) is 5.11 Å². The van der Waals surface area contributed by atoms with E-state index < -0.39 is 30.0 Å². The highest BCUT2D eigenvalue weighted by atomic mass is 16.7. The van der Waals surface area contributed by atoms with E-state index in [4.69, 9.17) is 18.8 Å². The zero-order valence-electron chi connectivity index (χ0n) is 23.6. The minimum absolute atomic E-state index is 0.0741. The van der Waals surface area contributed by atoms with Crippen LogP contribution >= 0.6 is 0 Å². The van der Waals surface area contributed by atoms with Crippen LogP contribution in [0.1, 0.15) is 44.4 Å². The summed E-state index contributed by atoms with van der Waals surface area (Å²) in [4.78, 5) is 0. The maximum absolute atomic E-state index is 11.0. The van der Waals surface area contributed by atoms with Gasteiger partial charge in [0, 0.05) is 0 Å². The summed E-state index contributed by atoms with van der Waals surface area (Å²) in [7, 11) is -0.430. The third-order valence-corrected chi connectivity index (χ3v) is 7.88. The lowest BCUT2D eigenvalue weighted by atomic mass is 9.79. The van der Waals surface area contributed by atoms with Gasteiger partial charge in [0.25, 0.3) is 0 Å². The van der Waals surface area contributed by atoms with Gasteiger partial charge in [-0.05, 0) is 62.0 Å². The van der Waals surface area contributed by atoms with Crippen LogP contribution in [0.2, 0.25) is 0 Å². The Balaban J connectivity index is 1.29. The van der Waals surface area contributed by atoms with Gasteiger partial charge in [-0.15, -0.1) is 0 Å². The molecule has 40 heavy (non-hydrogen) atoms. The summed E-state index contributed by atoms with van der Waals surface area (Å²) in [6.07, 6.45) is -0.849. The van der Waals surface area contributed by atoms with Crippen molar-refractivity contribution in [3.8, 4) is 5.75 Å². The molecule has 5 rings (SSSR count). The van der Waals surface area contributed by atoms with Gasteiger partial charge in [-0.3, -0.25) is 0 Å². The van der Waals surface area contributed by atoms with Crippen LogP contribution in [-0.2, 0) is 19.6 Å². The number of aliphatic hydroxyl groups is 1. The molecule has 1 fully saturated rings. The van der Waals surface area contributed by atoms with Crippen molar-refractivity contribution >= 4 is 12.6 Å². The second-order valence-electron chi connectivity index (χ2n) is 11.2. The van der Waals surface area contributed by atoms with Crippen LogP contribution in [0, 0.1) is 0 Å². The summed E-state index contributed by atoms with van der Waals surface area (Å²) in [6, 6.07) is 38.0. The maximum Gasteiger partial charge on any atom is 0.494 e. The molecule has 1 aliphatic heterocycles. The van der Waals surface area contributed by atoms with Crippen LogP contribution in [0.5, 0.6) is 5.75 Å². The van der Waals surface area contributed by atoms with Crippen molar-refractivity contribution in [3.63, 3.8) is 0 Å². The Kier molecular flexibility index (Phi) is 8.15. The van der Waals surface area contributed by atoms with E-state index in [0.717, 1.165) is 22.2 Å². The number of hydrogen-bond donors (Lipinski definition) is 1. The summed E-state index contributed by atoms with van der Waals surface area (Å²) in [5.74, 6) is 0.653. The third kappa shape index (κ3) is 5.72. The lowest BCUT2D eigenvalue weighted by Crippen LogP contribution is -2.41. The minimum Gasteiger partial charge on any atom is -0.491 e. The molecule has 1 saturated heterocycles. The van der Waals surface area contributed by atoms with Crippen molar-refractivity contribution in [1.29, 1.82) is 0 Å². The predicted octanol–water partition coefficient (Wildman–Crippen LogP) is 5.73. The molecule has 5 nitrogen and oxygen atoms in total. The van der Waals surface area contributed by atoms with Crippen LogP contribution in [0.15, 0.2) is 115 Å². The summed E-state index contributed by atoms with van der Waals surface area (Å²) < 4.78 is 24.9. The molecule has 0 aromatic heterocycles. The topological polar surface area (TPSA) is 57.2 Å². The van der Waals surface area contributed by atoms with E-state index in [0.29, 0.717) is 5.75 Å². The monoisotopic (exact) mass is 536 g/mol. The van der Waals surface area contributed by atoms with Crippen molar-refractivity contribution in [1.82, 2.24) is 0 Å². The van der Waals surface area contributed by atoms with Crippen LogP contribution in [0.3, 0.4) is 0 Å². The largest absolute Gasteiger partial charge is 0.494 e. The molecule has 1 N–H and O–H groups in total. The van der Waals surface area contributed by atoms with Crippen LogP contribution in [0.25, 0.3) is 0 Å². The number of hydrogen-bond acceptors (Lipinski definition) is 5. The van der Waals surface area contributed by atoms with E-state index in [-0.39, 0.29) is 13.2 Å². The van der Waals surface area contributed by atoms with Gasteiger partial charge in [0.15, 0.2) is 0 Å². The normalized spacial score (nSPS) is 17.0. The molecular formula is C34H37BO5. The molecule has 1 atom stereocenters. The van der Waals surface area contributed by atoms with Crippen molar-refractivity contribution in [3.05, 3.63) is 132 Å². The Hall–Kier alpha value is -3.42. The summed E-state index contributed by atoms with van der Waals surface area (Å²) >= 11 is 0. The highest BCUT2D eigenvalue weighted by Crippen LogP contribution is 2.40. The average Bonchev–Trinajstić information content (AvgIpc) is 3.20. The van der Waals surface area contributed by atoms with Gasteiger partial charge in [-0.25, -0.2) is 0 Å². The van der Waals surface area contributed by atoms with Crippen molar-refractivity contribution in [2.75, 3.05) is 13.2 Å². The molecule has 0 bridgehead atoms.